The molecule has 0 aliphatic carbocycles. The lowest BCUT2D eigenvalue weighted by atomic mass is 10.2. The first kappa shape index (κ1) is 21.6. The Bertz CT molecular complexity index is 639. The van der Waals surface area contributed by atoms with Crippen LogP contribution in [-0.2, 0) is 9.59 Å². The number of hydrogen-bond donors (Lipinski definition) is 5. The van der Waals surface area contributed by atoms with Gasteiger partial charge in [-0.1, -0.05) is 12.1 Å². The number of hydrogen-bond acceptors (Lipinski definition) is 5. The van der Waals surface area contributed by atoms with Crippen LogP contribution < -0.4 is 26.4 Å². The largest absolute Gasteiger partial charge is 0.544 e. The fourth-order valence-corrected chi connectivity index (χ4v) is 2.30. The molecule has 6 N–H and O–H groups in total. The molecule has 0 saturated heterocycles. The van der Waals surface area contributed by atoms with E-state index in [1.165, 1.54) is 5.32 Å². The lowest BCUT2D eigenvalue weighted by molar-refractivity contribution is -0.682. The van der Waals surface area contributed by atoms with Crippen LogP contribution in [0.25, 0.3) is 0 Å². The van der Waals surface area contributed by atoms with Crippen LogP contribution in [0.3, 0.4) is 0 Å². The van der Waals surface area contributed by atoms with Crippen molar-refractivity contribution in [3.05, 3.63) is 36.9 Å². The minimum atomic E-state index is -1.31. The smallest absolute Gasteiger partial charge is 0.230 e. The summed E-state index contributed by atoms with van der Waals surface area (Å²) in [5, 5.41) is 30.3. The normalized spacial score (nSPS) is 11.3. The van der Waals surface area contributed by atoms with Gasteiger partial charge in [-0.15, -0.1) is 6.58 Å². The van der Waals surface area contributed by atoms with Crippen molar-refractivity contribution >= 4 is 40.6 Å². The fraction of sp³-hybridized carbons (Fsp3) is 0.353. The molecule has 1 aromatic carbocycles. The Morgan fingerprint density at radius 3 is 2.65 bits per heavy atom. The minimum absolute atomic E-state index is 0.0359. The number of amides is 1. The standard InChI is InChI=1S/C17H24N4O4S/c1-2-7-19-17(26)21-13-6-3-5-12(10-13)20-15(23)11-14(16(24)25)18-8-4-9-22/h2-3,5-6,10,14,18,22H,1,4,7-9,11H2,(H,20,23)(H,24,25)(H2,19,21,26)/t14-/m1/s1. The molecule has 0 radical (unpaired) electrons. The summed E-state index contributed by atoms with van der Waals surface area (Å²) in [5.41, 5.74) is 1.19. The Morgan fingerprint density at radius 2 is 2.04 bits per heavy atom. The Morgan fingerprint density at radius 1 is 1.35 bits per heavy atom. The zero-order chi connectivity index (χ0) is 19.4. The predicted octanol–water partition coefficient (Wildman–Crippen LogP) is -1.45. The Balaban J connectivity index is 2.59. The summed E-state index contributed by atoms with van der Waals surface area (Å²) in [6, 6.07) is 5.89. The number of aliphatic hydroxyl groups is 1. The van der Waals surface area contributed by atoms with Crippen LogP contribution in [0.15, 0.2) is 36.9 Å². The van der Waals surface area contributed by atoms with Gasteiger partial charge in [-0.3, -0.25) is 4.79 Å². The molecule has 0 fully saturated rings. The van der Waals surface area contributed by atoms with Gasteiger partial charge in [0.25, 0.3) is 0 Å². The van der Waals surface area contributed by atoms with Crippen molar-refractivity contribution in [1.82, 2.24) is 5.32 Å². The SMILES string of the molecule is C=CCNC(=S)Nc1cccc(NC(=O)C[C@@H]([NH2+]CCCO)C(=O)[O-])c1. The number of quaternary nitrogens is 1. The van der Waals surface area contributed by atoms with Crippen LogP contribution in [0.1, 0.15) is 12.8 Å². The van der Waals surface area contributed by atoms with Gasteiger partial charge in [-0.2, -0.15) is 0 Å². The number of aliphatic carboxylic acids is 1. The quantitative estimate of drug-likeness (QED) is 0.180. The van der Waals surface area contributed by atoms with E-state index in [-0.39, 0.29) is 13.0 Å². The maximum atomic E-state index is 12.1. The Labute approximate surface area is 157 Å². The van der Waals surface area contributed by atoms with E-state index < -0.39 is 17.9 Å². The lowest BCUT2D eigenvalue weighted by Gasteiger charge is -2.16. The maximum absolute atomic E-state index is 12.1. The third-order valence-corrected chi connectivity index (χ3v) is 3.58. The molecule has 0 unspecified atom stereocenters. The third-order valence-electron chi connectivity index (χ3n) is 3.33. The van der Waals surface area contributed by atoms with E-state index in [0.717, 1.165) is 0 Å². The molecule has 0 bridgehead atoms. The predicted molar refractivity (Wildman–Crippen MR) is 101 cm³/mol. The van der Waals surface area contributed by atoms with Gasteiger partial charge >= 0.3 is 0 Å². The minimum Gasteiger partial charge on any atom is -0.544 e. The highest BCUT2D eigenvalue weighted by molar-refractivity contribution is 7.80. The van der Waals surface area contributed by atoms with Gasteiger partial charge in [0.05, 0.1) is 18.9 Å². The van der Waals surface area contributed by atoms with Crippen molar-refractivity contribution in [3.63, 3.8) is 0 Å². The monoisotopic (exact) mass is 380 g/mol. The second-order valence-electron chi connectivity index (χ2n) is 5.48. The maximum Gasteiger partial charge on any atom is 0.230 e. The second-order valence-corrected chi connectivity index (χ2v) is 5.89. The van der Waals surface area contributed by atoms with E-state index >= 15 is 0 Å². The van der Waals surface area contributed by atoms with Crippen molar-refractivity contribution in [2.45, 2.75) is 18.9 Å². The summed E-state index contributed by atoms with van der Waals surface area (Å²) in [6.07, 6.45) is 1.89. The molecule has 0 heterocycles. The van der Waals surface area contributed by atoms with Crippen LogP contribution in [0.4, 0.5) is 11.4 Å². The lowest BCUT2D eigenvalue weighted by Crippen LogP contribution is -2.93. The summed E-state index contributed by atoms with van der Waals surface area (Å²) >= 11 is 5.12. The molecular formula is C17H24N4O4S. The summed E-state index contributed by atoms with van der Waals surface area (Å²) < 4.78 is 0. The van der Waals surface area contributed by atoms with Gasteiger partial charge in [0, 0.05) is 30.9 Å². The van der Waals surface area contributed by atoms with Gasteiger partial charge in [-0.05, 0) is 30.4 Å². The highest BCUT2D eigenvalue weighted by atomic mass is 32.1. The van der Waals surface area contributed by atoms with Crippen molar-refractivity contribution in [2.75, 3.05) is 30.3 Å². The number of rotatable bonds is 11. The van der Waals surface area contributed by atoms with E-state index in [1.54, 1.807) is 30.3 Å². The molecule has 26 heavy (non-hydrogen) atoms. The topological polar surface area (TPSA) is 130 Å². The van der Waals surface area contributed by atoms with E-state index in [1.807, 2.05) is 0 Å². The van der Waals surface area contributed by atoms with Crippen molar-refractivity contribution < 1.29 is 25.1 Å². The first-order valence-electron chi connectivity index (χ1n) is 8.17. The van der Waals surface area contributed by atoms with Gasteiger partial charge in [0.1, 0.15) is 6.04 Å². The highest BCUT2D eigenvalue weighted by Gasteiger charge is 2.18. The fourth-order valence-electron chi connectivity index (χ4n) is 2.10. The second kappa shape index (κ2) is 12.0. The van der Waals surface area contributed by atoms with Crippen LogP contribution in [0.2, 0.25) is 0 Å². The molecule has 9 heteroatoms. The van der Waals surface area contributed by atoms with Gasteiger partial charge in [0.2, 0.25) is 5.91 Å². The van der Waals surface area contributed by atoms with Crippen LogP contribution in [0, 0.1) is 0 Å². The first-order valence-corrected chi connectivity index (χ1v) is 8.57. The summed E-state index contributed by atoms with van der Waals surface area (Å²) in [7, 11) is 0. The molecule has 8 nitrogen and oxygen atoms in total. The molecule has 1 rings (SSSR count). The zero-order valence-electron chi connectivity index (χ0n) is 14.4. The molecule has 1 atom stereocenters. The van der Waals surface area contributed by atoms with Crippen molar-refractivity contribution in [1.29, 1.82) is 0 Å². The van der Waals surface area contributed by atoms with Crippen LogP contribution >= 0.6 is 12.2 Å². The van der Waals surface area contributed by atoms with Gasteiger partial charge in [-0.25, -0.2) is 0 Å². The molecule has 0 spiro atoms. The number of carboxylic acids is 1. The first-order chi connectivity index (χ1) is 12.5. The average molecular weight is 380 g/mol. The number of thiocarbonyl (C=S) groups is 1. The Kier molecular flexibility index (Phi) is 9.91. The number of carboxylic acid groups (broad SMARTS) is 1. The van der Waals surface area contributed by atoms with E-state index in [9.17, 15) is 14.7 Å². The number of benzene rings is 1. The summed E-state index contributed by atoms with van der Waals surface area (Å²) in [4.78, 5) is 23.2. The number of aliphatic hydroxyl groups excluding tert-OH is 1. The summed E-state index contributed by atoms with van der Waals surface area (Å²) in [5.74, 6) is -1.75. The van der Waals surface area contributed by atoms with E-state index in [4.69, 9.17) is 17.3 Å². The van der Waals surface area contributed by atoms with Gasteiger partial charge < -0.3 is 36.3 Å². The van der Waals surface area contributed by atoms with Crippen molar-refractivity contribution in [2.24, 2.45) is 0 Å². The molecule has 0 aromatic heterocycles. The number of carbonyl (C=O) groups excluding carboxylic acids is 2. The number of nitrogens with one attached hydrogen (secondary N) is 3. The van der Waals surface area contributed by atoms with E-state index in [2.05, 4.69) is 22.5 Å². The molecular weight excluding hydrogens is 356 g/mol. The molecule has 0 saturated carbocycles. The number of anilines is 2. The van der Waals surface area contributed by atoms with Crippen LogP contribution in [-0.4, -0.2) is 47.8 Å². The zero-order valence-corrected chi connectivity index (χ0v) is 15.2. The van der Waals surface area contributed by atoms with Gasteiger partial charge in [0.15, 0.2) is 5.11 Å². The average Bonchev–Trinajstić information content (AvgIpc) is 2.59. The number of nitrogens with two attached hydrogens (primary N) is 1. The molecule has 142 valence electrons. The van der Waals surface area contributed by atoms with E-state index in [0.29, 0.717) is 36.0 Å². The molecule has 0 aliphatic rings. The Hall–Kier alpha value is -2.49. The third kappa shape index (κ3) is 8.56. The number of carbonyl (C=O) groups is 2. The molecule has 0 aliphatic heterocycles. The van der Waals surface area contributed by atoms with Crippen molar-refractivity contribution in [3.8, 4) is 0 Å². The van der Waals surface area contributed by atoms with Crippen LogP contribution in [0.5, 0.6) is 0 Å². The highest BCUT2D eigenvalue weighted by Crippen LogP contribution is 2.15. The molecule has 1 aromatic rings. The molecule has 1 amide bonds. The summed E-state index contributed by atoms with van der Waals surface area (Å²) in [6.45, 7) is 4.48.